The minimum absolute atomic E-state index is 0.00940. The minimum Gasteiger partial charge on any atom is -0.493 e. The Morgan fingerprint density at radius 2 is 1.94 bits per heavy atom. The van der Waals surface area contributed by atoms with Gasteiger partial charge < -0.3 is 19.7 Å². The molecular formula is C21H17F3N2O6. The summed E-state index contributed by atoms with van der Waals surface area (Å²) in [6.45, 7) is -0.252. The zero-order chi connectivity index (χ0) is 23.5. The Morgan fingerprint density at radius 1 is 1.19 bits per heavy atom. The molecule has 0 aromatic heterocycles. The van der Waals surface area contributed by atoms with Crippen molar-refractivity contribution in [3.05, 3.63) is 59.2 Å². The lowest BCUT2D eigenvalue weighted by Gasteiger charge is -2.12. The van der Waals surface area contributed by atoms with Crippen molar-refractivity contribution >= 4 is 29.4 Å². The lowest BCUT2D eigenvalue weighted by atomic mass is 10.1. The zero-order valence-electron chi connectivity index (χ0n) is 16.6. The topological polar surface area (TPSA) is 109 Å². The summed E-state index contributed by atoms with van der Waals surface area (Å²) in [5.74, 6) is -1.92. The van der Waals surface area contributed by atoms with E-state index >= 15 is 0 Å². The first-order valence-electron chi connectivity index (χ1n) is 9.13. The number of carboxylic acid groups (broad SMARTS) is 1. The first-order valence-corrected chi connectivity index (χ1v) is 9.13. The molecule has 0 saturated heterocycles. The van der Waals surface area contributed by atoms with E-state index in [1.54, 1.807) is 0 Å². The maximum atomic E-state index is 13.6. The van der Waals surface area contributed by atoms with Crippen LogP contribution in [0.3, 0.4) is 0 Å². The average molecular weight is 450 g/mol. The number of benzene rings is 2. The molecule has 2 N–H and O–H groups in total. The highest BCUT2D eigenvalue weighted by molar-refractivity contribution is 6.34. The number of ether oxygens (including phenoxy) is 2. The summed E-state index contributed by atoms with van der Waals surface area (Å²) in [4.78, 5) is 24.0. The van der Waals surface area contributed by atoms with Gasteiger partial charge in [0, 0.05) is 0 Å². The van der Waals surface area contributed by atoms with E-state index in [0.717, 1.165) is 12.1 Å². The van der Waals surface area contributed by atoms with Crippen LogP contribution in [0.4, 0.5) is 18.9 Å². The van der Waals surface area contributed by atoms with Gasteiger partial charge >= 0.3 is 12.1 Å². The molecule has 0 saturated carbocycles. The normalized spacial score (nSPS) is 15.2. The SMILES string of the molecule is COc1cc(C=C2C(=O)N(c3cccc(C(=O)O)c3)N=C2C(F)(F)F)ccc1OCCO. The monoisotopic (exact) mass is 450 g/mol. The standard InChI is InChI=1S/C21H17F3N2O6/c1-31-17-10-12(5-6-16(17)32-8-7-27)9-15-18(21(22,23)24)25-26(19(15)28)14-4-2-3-13(11-14)20(29)30/h2-6,9-11,27H,7-8H2,1H3,(H,29,30). The van der Waals surface area contributed by atoms with E-state index in [9.17, 15) is 22.8 Å². The van der Waals surface area contributed by atoms with Crippen molar-refractivity contribution in [2.24, 2.45) is 5.10 Å². The Bertz CT molecular complexity index is 1110. The van der Waals surface area contributed by atoms with Gasteiger partial charge in [-0.15, -0.1) is 0 Å². The summed E-state index contributed by atoms with van der Waals surface area (Å²) in [7, 11) is 1.33. The first kappa shape index (κ1) is 22.8. The molecule has 0 bridgehead atoms. The molecule has 1 heterocycles. The number of carbonyl (C=O) groups is 2. The maximum Gasteiger partial charge on any atom is 0.435 e. The fourth-order valence-electron chi connectivity index (χ4n) is 2.92. The molecule has 11 heteroatoms. The van der Waals surface area contributed by atoms with E-state index in [-0.39, 0.29) is 41.5 Å². The predicted octanol–water partition coefficient (Wildman–Crippen LogP) is 3.11. The summed E-state index contributed by atoms with van der Waals surface area (Å²) in [5, 5.41) is 21.9. The van der Waals surface area contributed by atoms with Crippen molar-refractivity contribution in [3.63, 3.8) is 0 Å². The summed E-state index contributed by atoms with van der Waals surface area (Å²) in [5.41, 5.74) is -2.25. The van der Waals surface area contributed by atoms with Crippen LogP contribution in [0, 0.1) is 0 Å². The smallest absolute Gasteiger partial charge is 0.435 e. The van der Waals surface area contributed by atoms with Crippen LogP contribution < -0.4 is 14.5 Å². The van der Waals surface area contributed by atoms with Gasteiger partial charge in [-0.25, -0.2) is 4.79 Å². The number of carboxylic acids is 1. The van der Waals surface area contributed by atoms with Gasteiger partial charge in [-0.3, -0.25) is 4.79 Å². The molecular weight excluding hydrogens is 433 g/mol. The Morgan fingerprint density at radius 3 is 2.56 bits per heavy atom. The summed E-state index contributed by atoms with van der Waals surface area (Å²) >= 11 is 0. The fraction of sp³-hybridized carbons (Fsp3) is 0.190. The quantitative estimate of drug-likeness (QED) is 0.628. The highest BCUT2D eigenvalue weighted by Gasteiger charge is 2.46. The molecule has 0 radical (unpaired) electrons. The van der Waals surface area contributed by atoms with Crippen molar-refractivity contribution < 1.29 is 42.4 Å². The lowest BCUT2D eigenvalue weighted by molar-refractivity contribution is -0.114. The minimum atomic E-state index is -4.94. The van der Waals surface area contributed by atoms with Gasteiger partial charge in [-0.2, -0.15) is 23.3 Å². The number of aliphatic hydroxyl groups excluding tert-OH is 1. The van der Waals surface area contributed by atoms with Gasteiger partial charge in [0.15, 0.2) is 17.2 Å². The summed E-state index contributed by atoms with van der Waals surface area (Å²) in [6.07, 6.45) is -3.93. The number of halogens is 3. The highest BCUT2D eigenvalue weighted by atomic mass is 19.4. The van der Waals surface area contributed by atoms with E-state index in [1.165, 1.54) is 43.5 Å². The number of amides is 1. The molecule has 1 aliphatic heterocycles. The Labute approximate surface area is 179 Å². The summed E-state index contributed by atoms with van der Waals surface area (Å²) < 4.78 is 51.3. The molecule has 168 valence electrons. The predicted molar refractivity (Wildman–Crippen MR) is 108 cm³/mol. The van der Waals surface area contributed by atoms with E-state index in [2.05, 4.69) is 5.10 Å². The van der Waals surface area contributed by atoms with Crippen molar-refractivity contribution in [2.75, 3.05) is 25.3 Å². The van der Waals surface area contributed by atoms with Crippen molar-refractivity contribution in [1.82, 2.24) is 0 Å². The van der Waals surface area contributed by atoms with E-state index in [4.69, 9.17) is 19.7 Å². The molecule has 2 aromatic rings. The number of hydrogen-bond donors (Lipinski definition) is 2. The molecule has 8 nitrogen and oxygen atoms in total. The van der Waals surface area contributed by atoms with E-state index < -0.39 is 29.3 Å². The number of aromatic carboxylic acids is 1. The number of hydrazone groups is 1. The average Bonchev–Trinajstić information content (AvgIpc) is 3.09. The molecule has 32 heavy (non-hydrogen) atoms. The van der Waals surface area contributed by atoms with Gasteiger partial charge in [0.2, 0.25) is 0 Å². The van der Waals surface area contributed by atoms with Crippen LogP contribution in [0.5, 0.6) is 11.5 Å². The second kappa shape index (κ2) is 9.10. The van der Waals surface area contributed by atoms with Crippen LogP contribution in [0.2, 0.25) is 0 Å². The van der Waals surface area contributed by atoms with Crippen molar-refractivity contribution in [2.45, 2.75) is 6.18 Å². The van der Waals surface area contributed by atoms with Crippen LogP contribution in [0.15, 0.2) is 53.1 Å². The maximum absolute atomic E-state index is 13.6. The van der Waals surface area contributed by atoms with Crippen LogP contribution >= 0.6 is 0 Å². The molecule has 0 aliphatic carbocycles. The Balaban J connectivity index is 2.03. The lowest BCUT2D eigenvalue weighted by Crippen LogP contribution is -2.25. The van der Waals surface area contributed by atoms with Gasteiger partial charge in [-0.05, 0) is 42.0 Å². The van der Waals surface area contributed by atoms with Crippen molar-refractivity contribution in [3.8, 4) is 11.5 Å². The number of nitrogens with zero attached hydrogens (tertiary/aromatic N) is 2. The van der Waals surface area contributed by atoms with Gasteiger partial charge in [-0.1, -0.05) is 12.1 Å². The highest BCUT2D eigenvalue weighted by Crippen LogP contribution is 2.34. The zero-order valence-corrected chi connectivity index (χ0v) is 16.6. The Kier molecular flexibility index (Phi) is 6.49. The number of rotatable bonds is 7. The Hall–Kier alpha value is -3.86. The molecule has 2 aromatic carbocycles. The van der Waals surface area contributed by atoms with Gasteiger partial charge in [0.25, 0.3) is 5.91 Å². The van der Waals surface area contributed by atoms with E-state index in [1.807, 2.05) is 0 Å². The molecule has 1 amide bonds. The van der Waals surface area contributed by atoms with Crippen LogP contribution in [-0.4, -0.2) is 54.3 Å². The van der Waals surface area contributed by atoms with Gasteiger partial charge in [0.05, 0.1) is 30.5 Å². The second-order valence-corrected chi connectivity index (χ2v) is 6.46. The van der Waals surface area contributed by atoms with Crippen LogP contribution in [-0.2, 0) is 4.79 Å². The number of carbonyl (C=O) groups excluding carboxylic acids is 1. The van der Waals surface area contributed by atoms with Crippen LogP contribution in [0.1, 0.15) is 15.9 Å². The molecule has 0 spiro atoms. The molecule has 0 unspecified atom stereocenters. The largest absolute Gasteiger partial charge is 0.493 e. The molecule has 3 rings (SSSR count). The van der Waals surface area contributed by atoms with Crippen molar-refractivity contribution in [1.29, 1.82) is 0 Å². The third-order valence-electron chi connectivity index (χ3n) is 4.33. The number of aliphatic hydroxyl groups is 1. The number of alkyl halides is 3. The van der Waals surface area contributed by atoms with Crippen LogP contribution in [0.25, 0.3) is 6.08 Å². The number of anilines is 1. The van der Waals surface area contributed by atoms with E-state index in [0.29, 0.717) is 5.01 Å². The van der Waals surface area contributed by atoms with Gasteiger partial charge in [0.1, 0.15) is 6.61 Å². The molecule has 1 aliphatic rings. The fourth-order valence-corrected chi connectivity index (χ4v) is 2.92. The third-order valence-corrected chi connectivity index (χ3v) is 4.33. The third kappa shape index (κ3) is 4.72. The molecule has 0 atom stereocenters. The second-order valence-electron chi connectivity index (χ2n) is 6.46. The first-order chi connectivity index (χ1) is 15.2. The summed E-state index contributed by atoms with van der Waals surface area (Å²) in [6, 6.07) is 9.08. The number of methoxy groups -OCH3 is 1. The molecule has 0 fully saturated rings. The number of hydrogen-bond acceptors (Lipinski definition) is 6.